The molecule has 0 radical (unpaired) electrons. The molecule has 0 bridgehead atoms. The molecule has 0 spiro atoms. The van der Waals surface area contributed by atoms with Crippen LogP contribution in [-0.4, -0.2) is 41.8 Å². The first-order chi connectivity index (χ1) is 12.6. The van der Waals surface area contributed by atoms with Gasteiger partial charge in [-0.15, -0.1) is 11.3 Å². The van der Waals surface area contributed by atoms with E-state index in [1.54, 1.807) is 41.3 Å². The highest BCUT2D eigenvalue weighted by molar-refractivity contribution is 7.15. The van der Waals surface area contributed by atoms with Crippen molar-refractivity contribution in [2.75, 3.05) is 13.2 Å². The first-order valence-electron chi connectivity index (χ1n) is 7.63. The van der Waals surface area contributed by atoms with Crippen LogP contribution in [-0.2, 0) is 9.53 Å². The normalized spacial score (nSPS) is 11.1. The molecule has 2 heterocycles. The van der Waals surface area contributed by atoms with E-state index in [4.69, 9.17) is 4.74 Å². The Hall–Kier alpha value is -2.82. The summed E-state index contributed by atoms with van der Waals surface area (Å²) in [6.45, 7) is 1.18. The van der Waals surface area contributed by atoms with Gasteiger partial charge >= 0.3 is 18.2 Å². The molecule has 0 atom stereocenters. The monoisotopic (exact) mass is 403 g/mol. The standard InChI is InChI=1S/C16H16F3N3O4S/c1-9-10(2)27-13(22-5-3-4-6-22)12(9)14(24)26-7-11(23)21-15(25)20-8-16(17,18)19/h3-6H,7-8H2,1-2H3,(H2,20,21,23,25). The van der Waals surface area contributed by atoms with Crippen LogP contribution in [0.5, 0.6) is 0 Å². The van der Waals surface area contributed by atoms with Gasteiger partial charge in [0.2, 0.25) is 0 Å². The summed E-state index contributed by atoms with van der Waals surface area (Å²) in [5, 5.41) is 3.74. The van der Waals surface area contributed by atoms with Crippen molar-refractivity contribution in [2.24, 2.45) is 0 Å². The number of carbonyl (C=O) groups excluding carboxylic acids is 3. The summed E-state index contributed by atoms with van der Waals surface area (Å²) in [5.41, 5.74) is 0.972. The maximum Gasteiger partial charge on any atom is 0.405 e. The second-order valence-electron chi connectivity index (χ2n) is 5.48. The minimum absolute atomic E-state index is 0.281. The molecule has 2 aromatic rings. The van der Waals surface area contributed by atoms with Crippen LogP contribution in [0.15, 0.2) is 24.5 Å². The number of esters is 1. The van der Waals surface area contributed by atoms with Crippen LogP contribution in [0.3, 0.4) is 0 Å². The second-order valence-corrected chi connectivity index (χ2v) is 6.68. The van der Waals surface area contributed by atoms with Gasteiger partial charge in [-0.05, 0) is 31.5 Å². The molecule has 0 aliphatic rings. The number of thiophene rings is 1. The first kappa shape index (κ1) is 20.5. The fourth-order valence-corrected chi connectivity index (χ4v) is 3.20. The Labute approximate surface area is 156 Å². The SMILES string of the molecule is Cc1sc(-n2cccc2)c(C(=O)OCC(=O)NC(=O)NCC(F)(F)F)c1C. The number of urea groups is 1. The molecule has 0 saturated carbocycles. The molecule has 0 aromatic carbocycles. The summed E-state index contributed by atoms with van der Waals surface area (Å²) in [5.74, 6) is -1.82. The number of hydrogen-bond acceptors (Lipinski definition) is 5. The van der Waals surface area contributed by atoms with E-state index >= 15 is 0 Å². The fourth-order valence-electron chi connectivity index (χ4n) is 2.09. The highest BCUT2D eigenvalue weighted by Gasteiger charge is 2.28. The third-order valence-corrected chi connectivity index (χ3v) is 4.67. The summed E-state index contributed by atoms with van der Waals surface area (Å²) in [6.07, 6.45) is -1.10. The summed E-state index contributed by atoms with van der Waals surface area (Å²) in [4.78, 5) is 36.1. The first-order valence-corrected chi connectivity index (χ1v) is 8.45. The van der Waals surface area contributed by atoms with Crippen molar-refractivity contribution in [3.05, 3.63) is 40.5 Å². The van der Waals surface area contributed by atoms with Gasteiger partial charge in [-0.1, -0.05) is 0 Å². The molecule has 0 fully saturated rings. The Bertz CT molecular complexity index is 844. The molecule has 11 heteroatoms. The van der Waals surface area contributed by atoms with Crippen LogP contribution in [0, 0.1) is 13.8 Å². The Morgan fingerprint density at radius 1 is 1.19 bits per heavy atom. The van der Waals surface area contributed by atoms with Crippen molar-refractivity contribution in [1.29, 1.82) is 0 Å². The number of ether oxygens (including phenoxy) is 1. The topological polar surface area (TPSA) is 89.4 Å². The Morgan fingerprint density at radius 2 is 1.81 bits per heavy atom. The van der Waals surface area contributed by atoms with Gasteiger partial charge in [-0.2, -0.15) is 13.2 Å². The number of aryl methyl sites for hydroxylation is 1. The number of carbonyl (C=O) groups is 3. The van der Waals surface area contributed by atoms with E-state index in [9.17, 15) is 27.6 Å². The highest BCUT2D eigenvalue weighted by atomic mass is 32.1. The van der Waals surface area contributed by atoms with Crippen LogP contribution in [0.1, 0.15) is 20.8 Å². The Kier molecular flexibility index (Phi) is 6.26. The minimum Gasteiger partial charge on any atom is -0.452 e. The van der Waals surface area contributed by atoms with Crippen molar-refractivity contribution in [3.8, 4) is 5.00 Å². The minimum atomic E-state index is -4.60. The highest BCUT2D eigenvalue weighted by Crippen LogP contribution is 2.31. The van der Waals surface area contributed by atoms with Crippen molar-refractivity contribution in [1.82, 2.24) is 15.2 Å². The summed E-state index contributed by atoms with van der Waals surface area (Å²) >= 11 is 1.37. The van der Waals surface area contributed by atoms with Gasteiger partial charge < -0.3 is 14.6 Å². The van der Waals surface area contributed by atoms with E-state index in [0.29, 0.717) is 10.6 Å². The summed E-state index contributed by atoms with van der Waals surface area (Å²) in [6, 6.07) is 2.24. The van der Waals surface area contributed by atoms with Gasteiger partial charge in [0, 0.05) is 17.3 Å². The number of imide groups is 1. The quantitative estimate of drug-likeness (QED) is 0.752. The molecule has 27 heavy (non-hydrogen) atoms. The van der Waals surface area contributed by atoms with Gasteiger partial charge in [0.1, 0.15) is 11.5 Å². The smallest absolute Gasteiger partial charge is 0.405 e. The Morgan fingerprint density at radius 3 is 2.41 bits per heavy atom. The molecule has 0 unspecified atom stereocenters. The van der Waals surface area contributed by atoms with Crippen molar-refractivity contribution in [3.63, 3.8) is 0 Å². The zero-order valence-electron chi connectivity index (χ0n) is 14.3. The number of halogens is 3. The fraction of sp³-hybridized carbons (Fsp3) is 0.312. The average Bonchev–Trinajstić information content (AvgIpc) is 3.19. The molecule has 3 amide bonds. The van der Waals surface area contributed by atoms with E-state index in [1.807, 2.05) is 6.92 Å². The molecule has 7 nitrogen and oxygen atoms in total. The van der Waals surface area contributed by atoms with Crippen LogP contribution in [0.4, 0.5) is 18.0 Å². The molecule has 2 N–H and O–H groups in total. The van der Waals surface area contributed by atoms with E-state index < -0.39 is 37.2 Å². The van der Waals surface area contributed by atoms with Crippen LogP contribution >= 0.6 is 11.3 Å². The molecule has 2 rings (SSSR count). The van der Waals surface area contributed by atoms with Gasteiger partial charge in [-0.3, -0.25) is 10.1 Å². The van der Waals surface area contributed by atoms with Gasteiger partial charge in [0.15, 0.2) is 6.61 Å². The maximum absolute atomic E-state index is 12.4. The van der Waals surface area contributed by atoms with E-state index in [0.717, 1.165) is 4.88 Å². The summed E-state index contributed by atoms with van der Waals surface area (Å²) in [7, 11) is 0. The van der Waals surface area contributed by atoms with Crippen LogP contribution < -0.4 is 10.6 Å². The number of alkyl halides is 3. The number of hydrogen-bond donors (Lipinski definition) is 2. The zero-order chi connectivity index (χ0) is 20.2. The molecular formula is C16H16F3N3O4S. The van der Waals surface area contributed by atoms with E-state index in [1.165, 1.54) is 16.7 Å². The number of amides is 3. The summed E-state index contributed by atoms with van der Waals surface area (Å²) < 4.78 is 42.6. The number of rotatable bonds is 5. The maximum atomic E-state index is 12.4. The van der Waals surface area contributed by atoms with Crippen molar-refractivity contribution < 1.29 is 32.3 Å². The number of aromatic nitrogens is 1. The van der Waals surface area contributed by atoms with Crippen molar-refractivity contribution in [2.45, 2.75) is 20.0 Å². The van der Waals surface area contributed by atoms with E-state index in [2.05, 4.69) is 0 Å². The predicted octanol–water partition coefficient (Wildman–Crippen LogP) is 2.70. The lowest BCUT2D eigenvalue weighted by atomic mass is 10.1. The number of nitrogens with zero attached hydrogens (tertiary/aromatic N) is 1. The molecule has 0 aliphatic heterocycles. The van der Waals surface area contributed by atoms with Crippen LogP contribution in [0.25, 0.3) is 5.00 Å². The van der Waals surface area contributed by atoms with Crippen molar-refractivity contribution >= 4 is 29.2 Å². The molecule has 0 saturated heterocycles. The third-order valence-electron chi connectivity index (χ3n) is 3.45. The third kappa shape index (κ3) is 5.58. The average molecular weight is 403 g/mol. The second kappa shape index (κ2) is 8.25. The lowest BCUT2D eigenvalue weighted by Crippen LogP contribution is -2.44. The van der Waals surface area contributed by atoms with Gasteiger partial charge in [-0.25, -0.2) is 9.59 Å². The lowest BCUT2D eigenvalue weighted by molar-refractivity contribution is -0.125. The molecule has 0 aliphatic carbocycles. The lowest BCUT2D eigenvalue weighted by Gasteiger charge is -2.10. The Balaban J connectivity index is 1.96. The van der Waals surface area contributed by atoms with Crippen LogP contribution in [0.2, 0.25) is 0 Å². The largest absolute Gasteiger partial charge is 0.452 e. The predicted molar refractivity (Wildman–Crippen MR) is 91.0 cm³/mol. The number of nitrogens with one attached hydrogen (secondary N) is 2. The van der Waals surface area contributed by atoms with Gasteiger partial charge in [0.05, 0.1) is 5.56 Å². The molecule has 146 valence electrons. The molecule has 2 aromatic heterocycles. The van der Waals surface area contributed by atoms with Gasteiger partial charge in [0.25, 0.3) is 5.91 Å². The van der Waals surface area contributed by atoms with E-state index in [-0.39, 0.29) is 5.56 Å². The molecular weight excluding hydrogens is 387 g/mol. The zero-order valence-corrected chi connectivity index (χ0v) is 15.2.